The van der Waals surface area contributed by atoms with Gasteiger partial charge in [-0.25, -0.2) is 0 Å². The van der Waals surface area contributed by atoms with E-state index in [9.17, 15) is 0 Å². The summed E-state index contributed by atoms with van der Waals surface area (Å²) in [5, 5.41) is 3.72. The van der Waals surface area contributed by atoms with E-state index in [1.54, 1.807) is 0 Å². The van der Waals surface area contributed by atoms with Gasteiger partial charge in [0.25, 0.3) is 0 Å². The predicted molar refractivity (Wildman–Crippen MR) is 87.6 cm³/mol. The zero-order valence-electron chi connectivity index (χ0n) is 14.3. The summed E-state index contributed by atoms with van der Waals surface area (Å²) in [4.78, 5) is 0. The molecule has 21 heavy (non-hydrogen) atoms. The fourth-order valence-electron chi connectivity index (χ4n) is 3.61. The Morgan fingerprint density at radius 2 is 1.86 bits per heavy atom. The van der Waals surface area contributed by atoms with Gasteiger partial charge in [0, 0.05) is 25.2 Å². The lowest BCUT2D eigenvalue weighted by atomic mass is 9.71. The Labute approximate surface area is 131 Å². The summed E-state index contributed by atoms with van der Waals surface area (Å²) in [7, 11) is 0. The largest absolute Gasteiger partial charge is 0.381 e. The summed E-state index contributed by atoms with van der Waals surface area (Å²) in [6, 6.07) is 0.742. The van der Waals surface area contributed by atoms with E-state index in [1.165, 1.54) is 32.1 Å². The van der Waals surface area contributed by atoms with E-state index in [2.05, 4.69) is 26.1 Å². The molecule has 3 nitrogen and oxygen atoms in total. The van der Waals surface area contributed by atoms with Gasteiger partial charge in [-0.1, -0.05) is 20.8 Å². The molecule has 124 valence electrons. The fraction of sp³-hybridized carbons (Fsp3) is 1.00. The van der Waals surface area contributed by atoms with Gasteiger partial charge in [-0.2, -0.15) is 0 Å². The van der Waals surface area contributed by atoms with Crippen molar-refractivity contribution >= 4 is 0 Å². The molecule has 1 aliphatic carbocycles. The van der Waals surface area contributed by atoms with Gasteiger partial charge >= 0.3 is 0 Å². The molecule has 3 heteroatoms. The maximum atomic E-state index is 5.75. The van der Waals surface area contributed by atoms with E-state index in [-0.39, 0.29) is 0 Å². The van der Waals surface area contributed by atoms with Crippen molar-refractivity contribution in [1.82, 2.24) is 5.32 Å². The van der Waals surface area contributed by atoms with Crippen LogP contribution in [0.3, 0.4) is 0 Å². The lowest BCUT2D eigenvalue weighted by molar-refractivity contribution is 0.0872. The number of rotatable bonds is 7. The first-order valence-corrected chi connectivity index (χ1v) is 8.94. The fourth-order valence-corrected chi connectivity index (χ4v) is 3.61. The smallest absolute Gasteiger partial charge is 0.0517 e. The predicted octanol–water partition coefficient (Wildman–Crippen LogP) is 3.62. The summed E-state index contributed by atoms with van der Waals surface area (Å²) in [5.41, 5.74) is 0.489. The standard InChI is InChI=1S/C18H35NO2/c1-18(2,3)16-5-7-17(8-6-16)19-10-4-11-20-13-15-9-12-21-14-15/h15-17,19H,4-14H2,1-3H3/t15-,16?,17?/m0/s1. The molecule has 2 aliphatic rings. The molecular formula is C18H35NO2. The highest BCUT2D eigenvalue weighted by Gasteiger charge is 2.29. The van der Waals surface area contributed by atoms with Crippen LogP contribution in [0.4, 0.5) is 0 Å². The normalized spacial score (nSPS) is 30.7. The van der Waals surface area contributed by atoms with Crippen molar-refractivity contribution in [2.24, 2.45) is 17.3 Å². The van der Waals surface area contributed by atoms with Crippen molar-refractivity contribution in [3.63, 3.8) is 0 Å². The zero-order chi connectivity index (χ0) is 15.1. The van der Waals surface area contributed by atoms with Crippen molar-refractivity contribution in [2.45, 2.75) is 65.3 Å². The van der Waals surface area contributed by atoms with Crippen molar-refractivity contribution in [3.05, 3.63) is 0 Å². The maximum Gasteiger partial charge on any atom is 0.0517 e. The summed E-state index contributed by atoms with van der Waals surface area (Å²) in [6.07, 6.45) is 7.78. The molecule has 1 atom stereocenters. The van der Waals surface area contributed by atoms with Gasteiger partial charge in [0.15, 0.2) is 0 Å². The Bertz CT molecular complexity index is 273. The van der Waals surface area contributed by atoms with Crippen LogP contribution in [0.5, 0.6) is 0 Å². The minimum Gasteiger partial charge on any atom is -0.381 e. The third-order valence-electron chi connectivity index (χ3n) is 5.23. The van der Waals surface area contributed by atoms with Crippen LogP contribution in [0.25, 0.3) is 0 Å². The molecule has 0 aromatic heterocycles. The molecule has 1 aliphatic heterocycles. The van der Waals surface area contributed by atoms with E-state index >= 15 is 0 Å². The topological polar surface area (TPSA) is 30.5 Å². The number of nitrogens with one attached hydrogen (secondary N) is 1. The van der Waals surface area contributed by atoms with Crippen molar-refractivity contribution in [1.29, 1.82) is 0 Å². The first-order valence-electron chi connectivity index (χ1n) is 8.94. The van der Waals surface area contributed by atoms with Gasteiger partial charge in [-0.05, 0) is 56.4 Å². The highest BCUT2D eigenvalue weighted by molar-refractivity contribution is 4.83. The molecule has 1 saturated heterocycles. The van der Waals surface area contributed by atoms with Gasteiger partial charge in [-0.3, -0.25) is 0 Å². The first-order chi connectivity index (χ1) is 10.1. The van der Waals surface area contributed by atoms with E-state index in [4.69, 9.17) is 9.47 Å². The highest BCUT2D eigenvalue weighted by atomic mass is 16.5. The van der Waals surface area contributed by atoms with Crippen LogP contribution in [-0.4, -0.2) is 39.0 Å². The molecule has 0 bridgehead atoms. The molecule has 0 aromatic rings. The summed E-state index contributed by atoms with van der Waals surface area (Å²) in [6.45, 7) is 11.9. The number of ether oxygens (including phenoxy) is 2. The maximum absolute atomic E-state index is 5.75. The highest BCUT2D eigenvalue weighted by Crippen LogP contribution is 2.37. The Hall–Kier alpha value is -0.120. The minimum atomic E-state index is 0.489. The molecule has 1 heterocycles. The molecule has 0 spiro atoms. The third-order valence-corrected chi connectivity index (χ3v) is 5.23. The van der Waals surface area contributed by atoms with Crippen LogP contribution in [0.1, 0.15) is 59.3 Å². The van der Waals surface area contributed by atoms with E-state index in [0.29, 0.717) is 11.3 Å². The molecule has 2 rings (SSSR count). The molecule has 0 radical (unpaired) electrons. The first kappa shape index (κ1) is 17.2. The average molecular weight is 297 g/mol. The molecule has 0 amide bonds. The van der Waals surface area contributed by atoms with Crippen LogP contribution in [-0.2, 0) is 9.47 Å². The van der Waals surface area contributed by atoms with Crippen LogP contribution in [0.2, 0.25) is 0 Å². The van der Waals surface area contributed by atoms with Gasteiger partial charge in [0.1, 0.15) is 0 Å². The molecule has 1 N–H and O–H groups in total. The molecule has 0 unspecified atom stereocenters. The zero-order valence-corrected chi connectivity index (χ0v) is 14.3. The number of hydrogen-bond donors (Lipinski definition) is 1. The number of hydrogen-bond acceptors (Lipinski definition) is 3. The molecular weight excluding hydrogens is 262 g/mol. The lowest BCUT2D eigenvalue weighted by Crippen LogP contribution is -2.36. The average Bonchev–Trinajstić information content (AvgIpc) is 2.95. The van der Waals surface area contributed by atoms with Crippen LogP contribution in [0.15, 0.2) is 0 Å². The Morgan fingerprint density at radius 1 is 1.10 bits per heavy atom. The van der Waals surface area contributed by atoms with Crippen LogP contribution >= 0.6 is 0 Å². The molecule has 1 saturated carbocycles. The summed E-state index contributed by atoms with van der Waals surface area (Å²) >= 11 is 0. The SMILES string of the molecule is CC(C)(C)C1CCC(NCCCOC[C@@H]2CCOC2)CC1. The second-order valence-corrected chi connectivity index (χ2v) is 8.03. The Kier molecular flexibility index (Phi) is 6.97. The van der Waals surface area contributed by atoms with E-state index in [1.807, 2.05) is 0 Å². The summed E-state index contributed by atoms with van der Waals surface area (Å²) in [5.74, 6) is 1.55. The lowest BCUT2D eigenvalue weighted by Gasteiger charge is -2.37. The van der Waals surface area contributed by atoms with Gasteiger partial charge in [-0.15, -0.1) is 0 Å². The Balaban J connectivity index is 1.44. The molecule has 2 fully saturated rings. The quantitative estimate of drug-likeness (QED) is 0.728. The summed E-state index contributed by atoms with van der Waals surface area (Å²) < 4.78 is 11.1. The minimum absolute atomic E-state index is 0.489. The van der Waals surface area contributed by atoms with Gasteiger partial charge < -0.3 is 14.8 Å². The van der Waals surface area contributed by atoms with Gasteiger partial charge in [0.2, 0.25) is 0 Å². The monoisotopic (exact) mass is 297 g/mol. The Morgan fingerprint density at radius 3 is 2.48 bits per heavy atom. The van der Waals surface area contributed by atoms with E-state index in [0.717, 1.165) is 51.4 Å². The molecule has 0 aromatic carbocycles. The second-order valence-electron chi connectivity index (χ2n) is 8.03. The van der Waals surface area contributed by atoms with Crippen molar-refractivity contribution in [2.75, 3.05) is 33.0 Å². The second kappa shape index (κ2) is 8.50. The third kappa shape index (κ3) is 6.25. The van der Waals surface area contributed by atoms with Gasteiger partial charge in [0.05, 0.1) is 13.2 Å². The van der Waals surface area contributed by atoms with Crippen molar-refractivity contribution in [3.8, 4) is 0 Å². The van der Waals surface area contributed by atoms with E-state index < -0.39 is 0 Å². The van der Waals surface area contributed by atoms with Crippen molar-refractivity contribution < 1.29 is 9.47 Å². The van der Waals surface area contributed by atoms with Crippen LogP contribution in [0, 0.1) is 17.3 Å². The van der Waals surface area contributed by atoms with Crippen LogP contribution < -0.4 is 5.32 Å².